The van der Waals surface area contributed by atoms with Crippen molar-refractivity contribution in [3.05, 3.63) is 101 Å². The first-order chi connectivity index (χ1) is 16.3. The lowest BCUT2D eigenvalue weighted by atomic mass is 10.1. The molecule has 7 nitrogen and oxygen atoms in total. The molecular formula is C26H22ClN3O4. The van der Waals surface area contributed by atoms with E-state index in [4.69, 9.17) is 11.6 Å². The third kappa shape index (κ3) is 4.84. The Hall–Kier alpha value is -3.97. The highest BCUT2D eigenvalue weighted by molar-refractivity contribution is 6.36. The predicted octanol–water partition coefficient (Wildman–Crippen LogP) is 3.70. The molecule has 0 aliphatic carbocycles. The molecule has 0 aromatic heterocycles. The first-order valence-electron chi connectivity index (χ1n) is 10.7. The van der Waals surface area contributed by atoms with Crippen LogP contribution in [0.1, 0.15) is 27.9 Å². The zero-order chi connectivity index (χ0) is 24.2. The monoisotopic (exact) mass is 475 g/mol. The summed E-state index contributed by atoms with van der Waals surface area (Å²) in [5.74, 6) is -2.22. The van der Waals surface area contributed by atoms with Gasteiger partial charge >= 0.3 is 0 Å². The fourth-order valence-electron chi connectivity index (χ4n) is 3.85. The summed E-state index contributed by atoms with van der Waals surface area (Å²) in [4.78, 5) is 53.4. The molecule has 172 valence electrons. The van der Waals surface area contributed by atoms with E-state index >= 15 is 0 Å². The van der Waals surface area contributed by atoms with Crippen molar-refractivity contribution in [3.63, 3.8) is 0 Å². The number of imide groups is 1. The summed E-state index contributed by atoms with van der Waals surface area (Å²) in [6.45, 7) is 1.83. The molecule has 0 saturated carbocycles. The second-order valence-corrected chi connectivity index (χ2v) is 8.39. The smallest absolute Gasteiger partial charge is 0.273 e. The molecule has 1 atom stereocenters. The average Bonchev–Trinajstić information content (AvgIpc) is 3.11. The summed E-state index contributed by atoms with van der Waals surface area (Å²) in [6, 6.07) is 21.1. The fraction of sp³-hybridized carbons (Fsp3) is 0.154. The van der Waals surface area contributed by atoms with E-state index < -0.39 is 29.7 Å². The topological polar surface area (TPSA) is 86.8 Å². The van der Waals surface area contributed by atoms with Crippen LogP contribution in [0.2, 0.25) is 5.02 Å². The van der Waals surface area contributed by atoms with Crippen LogP contribution in [0.25, 0.3) is 0 Å². The molecule has 3 aromatic rings. The third-order valence-corrected chi connectivity index (χ3v) is 5.78. The van der Waals surface area contributed by atoms with Crippen LogP contribution in [0.5, 0.6) is 0 Å². The molecule has 4 rings (SSSR count). The molecular weight excluding hydrogens is 454 g/mol. The maximum atomic E-state index is 13.4. The molecule has 0 bridgehead atoms. The van der Waals surface area contributed by atoms with Gasteiger partial charge in [0, 0.05) is 5.56 Å². The van der Waals surface area contributed by atoms with Gasteiger partial charge in [-0.25, -0.2) is 9.91 Å². The summed E-state index contributed by atoms with van der Waals surface area (Å²) in [7, 11) is 0. The molecule has 4 amide bonds. The van der Waals surface area contributed by atoms with Gasteiger partial charge in [-0.3, -0.25) is 24.6 Å². The zero-order valence-electron chi connectivity index (χ0n) is 18.4. The molecule has 3 aromatic carbocycles. The van der Waals surface area contributed by atoms with Gasteiger partial charge in [-0.1, -0.05) is 71.8 Å². The van der Waals surface area contributed by atoms with Gasteiger partial charge in [0.05, 0.1) is 23.6 Å². The SMILES string of the molecule is Cc1cccc(C(=O)N(NC(=O)Cc2ccccc2)C2CC(=O)N(c3ccccc3Cl)C2=O)c1. The molecule has 0 radical (unpaired) electrons. The Labute approximate surface area is 201 Å². The Balaban J connectivity index is 1.65. The van der Waals surface area contributed by atoms with Gasteiger partial charge < -0.3 is 0 Å². The van der Waals surface area contributed by atoms with Crippen molar-refractivity contribution in [1.29, 1.82) is 0 Å². The summed E-state index contributed by atoms with van der Waals surface area (Å²) < 4.78 is 0. The molecule has 1 aliphatic rings. The maximum absolute atomic E-state index is 13.4. The van der Waals surface area contributed by atoms with Gasteiger partial charge in [0.15, 0.2) is 0 Å². The number of hydrazine groups is 1. The van der Waals surface area contributed by atoms with E-state index in [1.807, 2.05) is 19.1 Å². The van der Waals surface area contributed by atoms with E-state index in [1.165, 1.54) is 0 Å². The molecule has 1 N–H and O–H groups in total. The first-order valence-corrected chi connectivity index (χ1v) is 11.1. The van der Waals surface area contributed by atoms with Crippen molar-refractivity contribution in [1.82, 2.24) is 10.4 Å². The summed E-state index contributed by atoms with van der Waals surface area (Å²) >= 11 is 6.22. The maximum Gasteiger partial charge on any atom is 0.273 e. The van der Waals surface area contributed by atoms with Crippen LogP contribution in [0.4, 0.5) is 5.69 Å². The summed E-state index contributed by atoms with van der Waals surface area (Å²) in [5.41, 5.74) is 4.69. The number of rotatable bonds is 5. The lowest BCUT2D eigenvalue weighted by Gasteiger charge is -2.28. The number of hydrogen-bond donors (Lipinski definition) is 1. The Morgan fingerprint density at radius 1 is 1.00 bits per heavy atom. The van der Waals surface area contributed by atoms with E-state index in [1.54, 1.807) is 66.7 Å². The van der Waals surface area contributed by atoms with E-state index in [-0.39, 0.29) is 29.1 Å². The van der Waals surface area contributed by atoms with E-state index in [0.29, 0.717) is 0 Å². The number of nitrogens with zero attached hydrogens (tertiary/aromatic N) is 2. The quantitative estimate of drug-likeness (QED) is 0.450. The van der Waals surface area contributed by atoms with Crippen LogP contribution in [0, 0.1) is 6.92 Å². The lowest BCUT2D eigenvalue weighted by molar-refractivity contribution is -0.128. The van der Waals surface area contributed by atoms with Crippen LogP contribution < -0.4 is 10.3 Å². The standard InChI is InChI=1S/C26H22ClN3O4/c1-17-8-7-11-19(14-17)25(33)30(28-23(31)15-18-9-3-2-4-10-18)22-16-24(32)29(26(22)34)21-13-6-5-12-20(21)27/h2-14,22H,15-16H2,1H3,(H,28,31). The van der Waals surface area contributed by atoms with Gasteiger partial charge in [0.1, 0.15) is 6.04 Å². The van der Waals surface area contributed by atoms with E-state index in [0.717, 1.165) is 21.0 Å². The second kappa shape index (κ2) is 9.89. The Morgan fingerprint density at radius 3 is 2.41 bits per heavy atom. The minimum Gasteiger partial charge on any atom is -0.274 e. The minimum atomic E-state index is -1.21. The summed E-state index contributed by atoms with van der Waals surface area (Å²) in [6.07, 6.45) is -0.283. The molecule has 1 heterocycles. The number of para-hydroxylation sites is 1. The van der Waals surface area contributed by atoms with Gasteiger partial charge in [-0.2, -0.15) is 0 Å². The molecule has 0 spiro atoms. The highest BCUT2D eigenvalue weighted by atomic mass is 35.5. The molecule has 1 saturated heterocycles. The van der Waals surface area contributed by atoms with E-state index in [9.17, 15) is 19.2 Å². The van der Waals surface area contributed by atoms with Crippen LogP contribution >= 0.6 is 11.6 Å². The molecule has 34 heavy (non-hydrogen) atoms. The van der Waals surface area contributed by atoms with Gasteiger partial charge in [-0.15, -0.1) is 0 Å². The largest absolute Gasteiger partial charge is 0.274 e. The van der Waals surface area contributed by atoms with E-state index in [2.05, 4.69) is 5.43 Å². The second-order valence-electron chi connectivity index (χ2n) is 7.98. The number of hydrogen-bond acceptors (Lipinski definition) is 4. The van der Waals surface area contributed by atoms with Crippen molar-refractivity contribution in [2.24, 2.45) is 0 Å². The number of aryl methyl sites for hydroxylation is 1. The van der Waals surface area contributed by atoms with Gasteiger partial charge in [-0.05, 0) is 36.8 Å². The van der Waals surface area contributed by atoms with Crippen LogP contribution in [-0.4, -0.2) is 34.7 Å². The number of nitrogens with one attached hydrogen (secondary N) is 1. The zero-order valence-corrected chi connectivity index (χ0v) is 19.2. The molecule has 1 fully saturated rings. The number of benzene rings is 3. The van der Waals surface area contributed by atoms with Gasteiger partial charge in [0.2, 0.25) is 11.8 Å². The minimum absolute atomic E-state index is 0.00151. The number of halogens is 1. The first kappa shape index (κ1) is 23.2. The molecule has 8 heteroatoms. The Kier molecular flexibility index (Phi) is 6.75. The molecule has 1 unspecified atom stereocenters. The third-order valence-electron chi connectivity index (χ3n) is 5.46. The predicted molar refractivity (Wildman–Crippen MR) is 128 cm³/mol. The highest BCUT2D eigenvalue weighted by Crippen LogP contribution is 2.31. The summed E-state index contributed by atoms with van der Waals surface area (Å²) in [5, 5.41) is 1.20. The number of anilines is 1. The Bertz CT molecular complexity index is 1260. The van der Waals surface area contributed by atoms with Crippen molar-refractivity contribution < 1.29 is 19.2 Å². The van der Waals surface area contributed by atoms with Crippen molar-refractivity contribution in [2.45, 2.75) is 25.8 Å². The van der Waals surface area contributed by atoms with Gasteiger partial charge in [0.25, 0.3) is 11.8 Å². The highest BCUT2D eigenvalue weighted by Gasteiger charge is 2.46. The lowest BCUT2D eigenvalue weighted by Crippen LogP contribution is -2.55. The van der Waals surface area contributed by atoms with Crippen molar-refractivity contribution in [3.8, 4) is 0 Å². The van der Waals surface area contributed by atoms with Crippen molar-refractivity contribution >= 4 is 40.9 Å². The average molecular weight is 476 g/mol. The Morgan fingerprint density at radius 2 is 1.71 bits per heavy atom. The normalized spacial score (nSPS) is 15.4. The number of carbonyl (C=O) groups excluding carboxylic acids is 4. The van der Waals surface area contributed by atoms with Crippen LogP contribution in [-0.2, 0) is 20.8 Å². The van der Waals surface area contributed by atoms with Crippen molar-refractivity contribution in [2.75, 3.05) is 4.90 Å². The van der Waals surface area contributed by atoms with Crippen LogP contribution in [0.3, 0.4) is 0 Å². The number of carbonyl (C=O) groups is 4. The fourth-order valence-corrected chi connectivity index (χ4v) is 4.07. The molecule has 1 aliphatic heterocycles. The van der Waals surface area contributed by atoms with Crippen LogP contribution in [0.15, 0.2) is 78.9 Å². The number of amides is 4.